The van der Waals surface area contributed by atoms with Gasteiger partial charge in [0.2, 0.25) is 0 Å². The van der Waals surface area contributed by atoms with Gasteiger partial charge in [0.15, 0.2) is 0 Å². The van der Waals surface area contributed by atoms with E-state index in [0.29, 0.717) is 23.2 Å². The van der Waals surface area contributed by atoms with Crippen molar-refractivity contribution >= 4 is 5.97 Å². The number of benzene rings is 2. The molecule has 0 unspecified atom stereocenters. The normalized spacial score (nSPS) is 10.5. The minimum atomic E-state index is -0.787. The Morgan fingerprint density at radius 3 is 2.59 bits per heavy atom. The molecule has 0 heterocycles. The Labute approximate surface area is 127 Å². The van der Waals surface area contributed by atoms with Crippen LogP contribution in [0.15, 0.2) is 36.4 Å². The summed E-state index contributed by atoms with van der Waals surface area (Å²) in [4.78, 5) is 11.8. The van der Waals surface area contributed by atoms with Gasteiger partial charge in [0, 0.05) is 12.1 Å². The predicted octanol–water partition coefficient (Wildman–Crippen LogP) is 3.53. The summed E-state index contributed by atoms with van der Waals surface area (Å²) in [5.74, 6) is -1.88. The zero-order valence-corrected chi connectivity index (χ0v) is 12.5. The predicted molar refractivity (Wildman–Crippen MR) is 80.5 cm³/mol. The van der Waals surface area contributed by atoms with Gasteiger partial charge in [-0.05, 0) is 29.8 Å². The molecule has 2 aromatic rings. The van der Waals surface area contributed by atoms with E-state index in [1.165, 1.54) is 25.3 Å². The molecule has 0 aliphatic carbocycles. The summed E-state index contributed by atoms with van der Waals surface area (Å²) in [6.07, 6.45) is 0. The molecule has 5 heteroatoms. The highest BCUT2D eigenvalue weighted by Gasteiger charge is 2.19. The average molecular weight is 305 g/mol. The quantitative estimate of drug-likeness (QED) is 0.859. The zero-order valence-electron chi connectivity index (χ0n) is 12.5. The average Bonchev–Trinajstić information content (AvgIpc) is 2.52. The van der Waals surface area contributed by atoms with E-state index in [1.54, 1.807) is 18.2 Å². The molecule has 116 valence electrons. The highest BCUT2D eigenvalue weighted by atomic mass is 19.1. The van der Waals surface area contributed by atoms with Gasteiger partial charge in [0.1, 0.15) is 17.2 Å². The van der Waals surface area contributed by atoms with Crippen molar-refractivity contribution < 1.29 is 18.3 Å². The Hall–Kier alpha value is -2.27. The van der Waals surface area contributed by atoms with E-state index in [1.807, 2.05) is 6.92 Å². The van der Waals surface area contributed by atoms with Crippen molar-refractivity contribution in [2.75, 3.05) is 13.7 Å². The van der Waals surface area contributed by atoms with Gasteiger partial charge in [0.25, 0.3) is 0 Å². The summed E-state index contributed by atoms with van der Waals surface area (Å²) >= 11 is 0. The van der Waals surface area contributed by atoms with Crippen molar-refractivity contribution in [2.45, 2.75) is 13.5 Å². The molecular weight excluding hydrogens is 288 g/mol. The monoisotopic (exact) mass is 305 g/mol. The summed E-state index contributed by atoms with van der Waals surface area (Å²) in [6, 6.07) is 8.80. The zero-order chi connectivity index (χ0) is 16.1. The lowest BCUT2D eigenvalue weighted by Gasteiger charge is -2.11. The Bertz CT molecular complexity index is 686. The Morgan fingerprint density at radius 2 is 1.95 bits per heavy atom. The van der Waals surface area contributed by atoms with E-state index < -0.39 is 17.6 Å². The minimum Gasteiger partial charge on any atom is -0.465 e. The first-order chi connectivity index (χ1) is 10.6. The summed E-state index contributed by atoms with van der Waals surface area (Å²) in [5.41, 5.74) is 1.06. The molecular formula is C17H17F2NO2. The summed E-state index contributed by atoms with van der Waals surface area (Å²) < 4.78 is 32.6. The number of esters is 1. The van der Waals surface area contributed by atoms with Gasteiger partial charge in [0.05, 0.1) is 7.11 Å². The molecule has 2 aromatic carbocycles. The molecule has 1 N–H and O–H groups in total. The lowest BCUT2D eigenvalue weighted by atomic mass is 9.98. The Morgan fingerprint density at radius 1 is 1.18 bits per heavy atom. The number of nitrogens with one attached hydrogen (secondary N) is 1. The molecule has 0 spiro atoms. The molecule has 2 rings (SSSR count). The second-order valence-electron chi connectivity index (χ2n) is 4.74. The second-order valence-corrected chi connectivity index (χ2v) is 4.74. The van der Waals surface area contributed by atoms with Crippen LogP contribution in [0.4, 0.5) is 8.78 Å². The number of hydrogen-bond donors (Lipinski definition) is 1. The lowest BCUT2D eigenvalue weighted by Crippen LogP contribution is -2.13. The molecule has 0 aliphatic heterocycles. The maximum absolute atomic E-state index is 14.1. The van der Waals surface area contributed by atoms with Crippen LogP contribution in [0, 0.1) is 11.6 Å². The summed E-state index contributed by atoms with van der Waals surface area (Å²) in [5, 5.41) is 3.04. The fraction of sp³-hybridized carbons (Fsp3) is 0.235. The third-order valence-electron chi connectivity index (χ3n) is 3.33. The van der Waals surface area contributed by atoms with E-state index in [4.69, 9.17) is 0 Å². The lowest BCUT2D eigenvalue weighted by molar-refractivity contribution is 0.0596. The number of rotatable bonds is 5. The Balaban J connectivity index is 2.46. The van der Waals surface area contributed by atoms with Crippen LogP contribution in [0.5, 0.6) is 0 Å². The molecule has 0 saturated carbocycles. The fourth-order valence-electron chi connectivity index (χ4n) is 2.19. The summed E-state index contributed by atoms with van der Waals surface area (Å²) in [6.45, 7) is 3.08. The van der Waals surface area contributed by atoms with Gasteiger partial charge in [-0.25, -0.2) is 13.6 Å². The van der Waals surface area contributed by atoms with Crippen molar-refractivity contribution in [3.8, 4) is 11.1 Å². The van der Waals surface area contributed by atoms with Crippen LogP contribution >= 0.6 is 0 Å². The van der Waals surface area contributed by atoms with E-state index in [9.17, 15) is 13.6 Å². The minimum absolute atomic E-state index is 0.191. The smallest absolute Gasteiger partial charge is 0.341 e. The van der Waals surface area contributed by atoms with Gasteiger partial charge < -0.3 is 10.1 Å². The van der Waals surface area contributed by atoms with Gasteiger partial charge in [-0.1, -0.05) is 31.2 Å². The molecule has 0 bridgehead atoms. The number of hydrogen-bond acceptors (Lipinski definition) is 3. The van der Waals surface area contributed by atoms with Gasteiger partial charge in [-0.15, -0.1) is 0 Å². The molecule has 22 heavy (non-hydrogen) atoms. The maximum Gasteiger partial charge on any atom is 0.341 e. The molecule has 0 atom stereocenters. The SMILES string of the molecule is CCNCc1ccc(-c2cccc(F)c2C(=O)OC)cc1F. The summed E-state index contributed by atoms with van der Waals surface area (Å²) in [7, 11) is 1.18. The number of carbonyl (C=O) groups is 1. The molecule has 0 aliphatic rings. The van der Waals surface area contributed by atoms with Gasteiger partial charge >= 0.3 is 5.97 Å². The third-order valence-corrected chi connectivity index (χ3v) is 3.33. The molecule has 0 radical (unpaired) electrons. The topological polar surface area (TPSA) is 38.3 Å². The Kier molecular flexibility index (Phi) is 5.22. The van der Waals surface area contributed by atoms with E-state index >= 15 is 0 Å². The van der Waals surface area contributed by atoms with Crippen molar-refractivity contribution in [1.29, 1.82) is 0 Å². The van der Waals surface area contributed by atoms with Crippen LogP contribution in [0.2, 0.25) is 0 Å². The van der Waals surface area contributed by atoms with Gasteiger partial charge in [-0.2, -0.15) is 0 Å². The van der Waals surface area contributed by atoms with Crippen LogP contribution < -0.4 is 5.32 Å². The highest BCUT2D eigenvalue weighted by Crippen LogP contribution is 2.28. The molecule has 0 saturated heterocycles. The van der Waals surface area contributed by atoms with Crippen LogP contribution in [0.1, 0.15) is 22.8 Å². The number of ether oxygens (including phenoxy) is 1. The van der Waals surface area contributed by atoms with Crippen LogP contribution in [-0.4, -0.2) is 19.6 Å². The van der Waals surface area contributed by atoms with E-state index in [0.717, 1.165) is 6.54 Å². The largest absolute Gasteiger partial charge is 0.465 e. The van der Waals surface area contributed by atoms with Crippen LogP contribution in [0.3, 0.4) is 0 Å². The number of carbonyl (C=O) groups excluding carboxylic acids is 1. The van der Waals surface area contributed by atoms with Crippen molar-refractivity contribution in [2.24, 2.45) is 0 Å². The van der Waals surface area contributed by atoms with Gasteiger partial charge in [-0.3, -0.25) is 0 Å². The van der Waals surface area contributed by atoms with E-state index in [2.05, 4.69) is 10.1 Å². The first kappa shape index (κ1) is 16.1. The first-order valence-electron chi connectivity index (χ1n) is 6.94. The molecule has 0 fully saturated rings. The van der Waals surface area contributed by atoms with Crippen molar-refractivity contribution in [1.82, 2.24) is 5.32 Å². The highest BCUT2D eigenvalue weighted by molar-refractivity contribution is 5.97. The first-order valence-corrected chi connectivity index (χ1v) is 6.94. The van der Waals surface area contributed by atoms with Crippen LogP contribution in [-0.2, 0) is 11.3 Å². The second kappa shape index (κ2) is 7.13. The molecule has 0 aromatic heterocycles. The van der Waals surface area contributed by atoms with E-state index in [-0.39, 0.29) is 5.56 Å². The number of methoxy groups -OCH3 is 1. The molecule has 3 nitrogen and oxygen atoms in total. The van der Waals surface area contributed by atoms with Crippen molar-refractivity contribution in [3.05, 3.63) is 59.2 Å². The number of halogens is 2. The van der Waals surface area contributed by atoms with Crippen molar-refractivity contribution in [3.63, 3.8) is 0 Å². The van der Waals surface area contributed by atoms with Crippen LogP contribution in [0.25, 0.3) is 11.1 Å². The molecule has 0 amide bonds. The fourth-order valence-corrected chi connectivity index (χ4v) is 2.19. The third kappa shape index (κ3) is 3.31. The maximum atomic E-state index is 14.1. The standard InChI is InChI=1S/C17H17F2NO2/c1-3-20-10-12-8-7-11(9-15(12)19)13-5-4-6-14(18)16(13)17(21)22-2/h4-9,20H,3,10H2,1-2H3.